The summed E-state index contributed by atoms with van der Waals surface area (Å²) in [6.45, 7) is 2.82. The Morgan fingerprint density at radius 2 is 1.89 bits per heavy atom. The molecule has 0 aliphatic heterocycles. The third kappa shape index (κ3) is 3.17. The number of benzene rings is 1. The lowest BCUT2D eigenvalue weighted by Crippen LogP contribution is -2.34. The third-order valence-electron chi connectivity index (χ3n) is 2.62. The minimum Gasteiger partial charge on any atom is -0.468 e. The Morgan fingerprint density at radius 1 is 1.32 bits per heavy atom. The molecule has 0 saturated heterocycles. The lowest BCUT2D eigenvalue weighted by molar-refractivity contribution is -0.385. The van der Waals surface area contributed by atoms with Gasteiger partial charge in [0.2, 0.25) is 0 Å². The van der Waals surface area contributed by atoms with Gasteiger partial charge in [0.15, 0.2) is 5.78 Å². The average Bonchev–Trinajstić information content (AvgIpc) is 2.35. The number of hydrogen-bond acceptors (Lipinski definition) is 5. The van der Waals surface area contributed by atoms with Gasteiger partial charge in [-0.3, -0.25) is 19.7 Å². The molecule has 0 amide bonds. The SMILES string of the molecule is COC(=O)C(C)(C)C(=O)c1cc(Br)cc([N+](=O)[O-])c1. The van der Waals surface area contributed by atoms with Crippen molar-refractivity contribution in [2.75, 3.05) is 7.11 Å². The number of nitro benzene ring substituents is 1. The summed E-state index contributed by atoms with van der Waals surface area (Å²) in [4.78, 5) is 34.0. The van der Waals surface area contributed by atoms with Gasteiger partial charge in [-0.1, -0.05) is 15.9 Å². The van der Waals surface area contributed by atoms with E-state index in [1.54, 1.807) is 0 Å². The molecule has 102 valence electrons. The van der Waals surface area contributed by atoms with Crippen LogP contribution in [0.3, 0.4) is 0 Å². The Labute approximate surface area is 118 Å². The lowest BCUT2D eigenvalue weighted by atomic mass is 9.84. The minimum absolute atomic E-state index is 0.0801. The topological polar surface area (TPSA) is 86.5 Å². The Morgan fingerprint density at radius 3 is 2.37 bits per heavy atom. The van der Waals surface area contributed by atoms with Crippen molar-refractivity contribution in [3.05, 3.63) is 38.3 Å². The van der Waals surface area contributed by atoms with E-state index in [-0.39, 0.29) is 11.3 Å². The number of halogens is 1. The molecule has 6 nitrogen and oxygen atoms in total. The summed E-state index contributed by atoms with van der Waals surface area (Å²) in [5.74, 6) is -1.23. The molecule has 0 unspecified atom stereocenters. The zero-order valence-electron chi connectivity index (χ0n) is 10.6. The first-order valence-corrected chi connectivity index (χ1v) is 6.07. The fraction of sp³-hybridized carbons (Fsp3) is 0.333. The zero-order chi connectivity index (χ0) is 14.8. The first kappa shape index (κ1) is 15.3. The number of esters is 1. The van der Waals surface area contributed by atoms with Gasteiger partial charge in [-0.15, -0.1) is 0 Å². The Hall–Kier alpha value is -1.76. The minimum atomic E-state index is -1.40. The van der Waals surface area contributed by atoms with E-state index < -0.39 is 22.1 Å². The number of hydrogen-bond donors (Lipinski definition) is 0. The Kier molecular flexibility index (Phi) is 4.41. The van der Waals surface area contributed by atoms with Crippen LogP contribution in [-0.2, 0) is 9.53 Å². The van der Waals surface area contributed by atoms with Gasteiger partial charge in [-0.25, -0.2) is 0 Å². The zero-order valence-corrected chi connectivity index (χ0v) is 12.2. The summed E-state index contributed by atoms with van der Waals surface area (Å²) in [6, 6.07) is 3.85. The number of methoxy groups -OCH3 is 1. The van der Waals surface area contributed by atoms with Crippen LogP contribution in [0.1, 0.15) is 24.2 Å². The monoisotopic (exact) mass is 329 g/mol. The van der Waals surface area contributed by atoms with Crippen LogP contribution in [0.15, 0.2) is 22.7 Å². The van der Waals surface area contributed by atoms with Crippen molar-refractivity contribution in [1.29, 1.82) is 0 Å². The number of non-ortho nitro benzene ring substituents is 1. The van der Waals surface area contributed by atoms with E-state index in [2.05, 4.69) is 20.7 Å². The highest BCUT2D eigenvalue weighted by atomic mass is 79.9. The second-order valence-electron chi connectivity index (χ2n) is 4.40. The van der Waals surface area contributed by atoms with Gasteiger partial charge in [-0.2, -0.15) is 0 Å². The summed E-state index contributed by atoms with van der Waals surface area (Å²) < 4.78 is 4.95. The summed E-state index contributed by atoms with van der Waals surface area (Å²) in [5.41, 5.74) is -1.54. The van der Waals surface area contributed by atoms with Crippen LogP contribution in [0.2, 0.25) is 0 Å². The van der Waals surface area contributed by atoms with Crippen LogP contribution >= 0.6 is 15.9 Å². The van der Waals surface area contributed by atoms with Crippen molar-refractivity contribution < 1.29 is 19.2 Å². The molecule has 0 heterocycles. The predicted molar refractivity (Wildman–Crippen MR) is 70.9 cm³/mol. The van der Waals surface area contributed by atoms with Crippen LogP contribution in [0.5, 0.6) is 0 Å². The molecule has 1 aromatic carbocycles. The van der Waals surface area contributed by atoms with Gasteiger partial charge in [0.05, 0.1) is 12.0 Å². The number of rotatable bonds is 4. The van der Waals surface area contributed by atoms with Crippen LogP contribution in [0.4, 0.5) is 5.69 Å². The number of nitrogens with zero attached hydrogens (tertiary/aromatic N) is 1. The molecule has 0 bridgehead atoms. The molecule has 7 heteroatoms. The van der Waals surface area contributed by atoms with Crippen LogP contribution in [0, 0.1) is 15.5 Å². The Balaban J connectivity index is 3.27. The van der Waals surface area contributed by atoms with E-state index in [4.69, 9.17) is 0 Å². The summed E-state index contributed by atoms with van der Waals surface area (Å²) >= 11 is 3.10. The molecule has 0 aliphatic carbocycles. The van der Waals surface area contributed by atoms with E-state index in [9.17, 15) is 19.7 Å². The second kappa shape index (κ2) is 5.48. The van der Waals surface area contributed by atoms with E-state index in [0.29, 0.717) is 4.47 Å². The average molecular weight is 330 g/mol. The van der Waals surface area contributed by atoms with E-state index in [1.807, 2.05) is 0 Å². The molecule has 1 rings (SSSR count). The first-order valence-electron chi connectivity index (χ1n) is 5.28. The van der Waals surface area contributed by atoms with Crippen molar-refractivity contribution >= 4 is 33.4 Å². The molecule has 0 atom stereocenters. The molecule has 0 aliphatic rings. The number of ether oxygens (including phenoxy) is 1. The maximum absolute atomic E-state index is 12.2. The number of carbonyl (C=O) groups is 2. The van der Waals surface area contributed by atoms with Crippen molar-refractivity contribution in [1.82, 2.24) is 0 Å². The van der Waals surface area contributed by atoms with Crippen LogP contribution in [-0.4, -0.2) is 23.8 Å². The maximum atomic E-state index is 12.2. The van der Waals surface area contributed by atoms with Gasteiger partial charge < -0.3 is 4.74 Å². The van der Waals surface area contributed by atoms with Gasteiger partial charge in [0.25, 0.3) is 5.69 Å². The number of ketones is 1. The summed E-state index contributed by atoms with van der Waals surface area (Å²) in [6.07, 6.45) is 0. The highest BCUT2D eigenvalue weighted by Crippen LogP contribution is 2.28. The number of carbonyl (C=O) groups excluding carboxylic acids is 2. The lowest BCUT2D eigenvalue weighted by Gasteiger charge is -2.19. The van der Waals surface area contributed by atoms with Gasteiger partial charge >= 0.3 is 5.97 Å². The normalized spacial score (nSPS) is 10.9. The molecule has 1 aromatic rings. The fourth-order valence-electron chi connectivity index (χ4n) is 1.52. The van der Waals surface area contributed by atoms with Crippen LogP contribution < -0.4 is 0 Å². The number of nitro groups is 1. The third-order valence-corrected chi connectivity index (χ3v) is 3.08. The quantitative estimate of drug-likeness (QED) is 0.278. The highest BCUT2D eigenvalue weighted by molar-refractivity contribution is 9.10. The Bertz CT molecular complexity index is 553. The van der Waals surface area contributed by atoms with Crippen molar-refractivity contribution in [3.8, 4) is 0 Å². The maximum Gasteiger partial charge on any atom is 0.319 e. The van der Waals surface area contributed by atoms with Gasteiger partial charge in [0.1, 0.15) is 5.41 Å². The molecular formula is C12H12BrNO5. The largest absolute Gasteiger partial charge is 0.468 e. The van der Waals surface area contributed by atoms with Crippen molar-refractivity contribution in [3.63, 3.8) is 0 Å². The van der Waals surface area contributed by atoms with Gasteiger partial charge in [0, 0.05) is 22.2 Å². The first-order chi connectivity index (χ1) is 8.70. The van der Waals surface area contributed by atoms with E-state index in [1.165, 1.54) is 33.1 Å². The molecular weight excluding hydrogens is 318 g/mol. The molecule has 0 aromatic heterocycles. The molecule has 0 radical (unpaired) electrons. The van der Waals surface area contributed by atoms with E-state index in [0.717, 1.165) is 6.07 Å². The molecule has 0 fully saturated rings. The second-order valence-corrected chi connectivity index (χ2v) is 5.32. The summed E-state index contributed by atoms with van der Waals surface area (Å²) in [7, 11) is 1.18. The fourth-order valence-corrected chi connectivity index (χ4v) is 2.00. The van der Waals surface area contributed by atoms with E-state index >= 15 is 0 Å². The molecule has 0 N–H and O–H groups in total. The van der Waals surface area contributed by atoms with Crippen LogP contribution in [0.25, 0.3) is 0 Å². The highest BCUT2D eigenvalue weighted by Gasteiger charge is 2.38. The smallest absolute Gasteiger partial charge is 0.319 e. The predicted octanol–water partition coefficient (Wildman–Crippen LogP) is 2.74. The molecule has 0 saturated carbocycles. The molecule has 19 heavy (non-hydrogen) atoms. The van der Waals surface area contributed by atoms with Crippen molar-refractivity contribution in [2.45, 2.75) is 13.8 Å². The van der Waals surface area contributed by atoms with Crippen molar-refractivity contribution in [2.24, 2.45) is 5.41 Å². The summed E-state index contributed by atoms with van der Waals surface area (Å²) in [5, 5.41) is 10.7. The standard InChI is InChI=1S/C12H12BrNO5/c1-12(2,11(16)19-3)10(15)7-4-8(13)6-9(5-7)14(17)18/h4-6H,1-3H3. The van der Waals surface area contributed by atoms with Gasteiger partial charge in [-0.05, 0) is 19.9 Å². The molecule has 0 spiro atoms. The number of Topliss-reactive ketones (excluding diaryl/α,β-unsaturated/α-hetero) is 1.